The average molecular weight is 515 g/mol. The van der Waals surface area contributed by atoms with E-state index in [9.17, 15) is 14.4 Å². The van der Waals surface area contributed by atoms with Gasteiger partial charge in [-0.2, -0.15) is 0 Å². The van der Waals surface area contributed by atoms with Crippen molar-refractivity contribution in [3.8, 4) is 11.8 Å². The van der Waals surface area contributed by atoms with Crippen molar-refractivity contribution in [2.75, 3.05) is 18.6 Å². The van der Waals surface area contributed by atoms with Gasteiger partial charge in [-0.15, -0.1) is 11.3 Å². The van der Waals surface area contributed by atoms with E-state index in [2.05, 4.69) is 18.8 Å². The molecule has 1 aliphatic heterocycles. The number of amides is 2. The minimum Gasteiger partial charge on any atom is -0.465 e. The Bertz CT molecular complexity index is 1020. The molecule has 1 aliphatic carbocycles. The largest absolute Gasteiger partial charge is 0.465 e. The van der Waals surface area contributed by atoms with Crippen LogP contribution in [0.15, 0.2) is 6.07 Å². The maximum atomic E-state index is 14.2. The molecule has 1 saturated carbocycles. The van der Waals surface area contributed by atoms with Crippen molar-refractivity contribution in [1.82, 2.24) is 4.90 Å². The molecular formula is C29H42N2O4S. The van der Waals surface area contributed by atoms with Crippen LogP contribution in [0.2, 0.25) is 0 Å². The first-order valence-corrected chi connectivity index (χ1v) is 14.1. The number of hydrogen-bond donors (Lipinski definition) is 0. The molecule has 2 amide bonds. The summed E-state index contributed by atoms with van der Waals surface area (Å²) in [5.41, 5.74) is 0.261. The summed E-state index contributed by atoms with van der Waals surface area (Å²) in [4.78, 5) is 45.5. The summed E-state index contributed by atoms with van der Waals surface area (Å²) < 4.78 is 5.11. The smallest absolute Gasteiger partial charge is 0.350 e. The molecule has 0 spiro atoms. The van der Waals surface area contributed by atoms with E-state index in [0.29, 0.717) is 34.3 Å². The van der Waals surface area contributed by atoms with Crippen molar-refractivity contribution >= 4 is 34.8 Å². The fraction of sp³-hybridized carbons (Fsp3) is 0.690. The number of anilines is 1. The maximum absolute atomic E-state index is 14.2. The first-order valence-electron chi connectivity index (χ1n) is 13.3. The van der Waals surface area contributed by atoms with Crippen LogP contribution in [-0.4, -0.2) is 48.4 Å². The Morgan fingerprint density at radius 2 is 1.81 bits per heavy atom. The Balaban J connectivity index is 2.14. The third-order valence-electron chi connectivity index (χ3n) is 7.14. The molecule has 2 fully saturated rings. The molecule has 2 heterocycles. The number of thiophene rings is 1. The van der Waals surface area contributed by atoms with Gasteiger partial charge in [0.2, 0.25) is 11.8 Å². The van der Waals surface area contributed by atoms with Gasteiger partial charge in [0.1, 0.15) is 10.9 Å². The van der Waals surface area contributed by atoms with E-state index < -0.39 is 12.0 Å². The molecule has 36 heavy (non-hydrogen) atoms. The van der Waals surface area contributed by atoms with Crippen LogP contribution in [0.25, 0.3) is 0 Å². The molecule has 198 valence electrons. The second-order valence-electron chi connectivity index (χ2n) is 11.6. The van der Waals surface area contributed by atoms with Gasteiger partial charge in [-0.25, -0.2) is 4.79 Å². The lowest BCUT2D eigenvalue weighted by atomic mass is 9.82. The fourth-order valence-corrected chi connectivity index (χ4v) is 5.97. The van der Waals surface area contributed by atoms with Crippen LogP contribution in [0, 0.1) is 29.1 Å². The maximum Gasteiger partial charge on any atom is 0.350 e. The number of nitrogens with zero attached hydrogens (tertiary/aromatic N) is 2. The Morgan fingerprint density at radius 3 is 2.39 bits per heavy atom. The van der Waals surface area contributed by atoms with E-state index in [-0.39, 0.29) is 29.2 Å². The lowest BCUT2D eigenvalue weighted by Crippen LogP contribution is -2.53. The van der Waals surface area contributed by atoms with E-state index in [1.54, 1.807) is 4.90 Å². The highest BCUT2D eigenvalue weighted by molar-refractivity contribution is 7.15. The molecule has 1 atom stereocenters. The third kappa shape index (κ3) is 6.70. The zero-order valence-electron chi connectivity index (χ0n) is 23.0. The van der Waals surface area contributed by atoms with Gasteiger partial charge in [0.25, 0.3) is 0 Å². The SMILES string of the molecule is COC(=O)c1sc(C#CC(C)(C)C)cc1N(C(=O)[C@H]1CC[C@H](C)CC1)C1CCCCN(C(C)C)C1=O. The van der Waals surface area contributed by atoms with Crippen LogP contribution in [0.3, 0.4) is 0 Å². The van der Waals surface area contributed by atoms with E-state index in [0.717, 1.165) is 38.5 Å². The summed E-state index contributed by atoms with van der Waals surface area (Å²) in [6, 6.07) is 1.22. The van der Waals surface area contributed by atoms with Crippen molar-refractivity contribution < 1.29 is 19.1 Å². The fourth-order valence-electron chi connectivity index (χ4n) is 5.05. The molecule has 3 rings (SSSR count). The molecule has 6 nitrogen and oxygen atoms in total. The van der Waals surface area contributed by atoms with Crippen molar-refractivity contribution in [2.24, 2.45) is 17.3 Å². The van der Waals surface area contributed by atoms with E-state index in [1.807, 2.05) is 45.6 Å². The van der Waals surface area contributed by atoms with Crippen molar-refractivity contribution in [3.63, 3.8) is 0 Å². The van der Waals surface area contributed by atoms with Crippen LogP contribution in [0.5, 0.6) is 0 Å². The van der Waals surface area contributed by atoms with Gasteiger partial charge in [-0.05, 0) is 91.5 Å². The monoisotopic (exact) mass is 514 g/mol. The number of carbonyl (C=O) groups is 3. The molecule has 0 N–H and O–H groups in total. The van der Waals surface area contributed by atoms with Gasteiger partial charge in [-0.1, -0.05) is 18.8 Å². The predicted octanol–water partition coefficient (Wildman–Crippen LogP) is 5.88. The van der Waals surface area contributed by atoms with Gasteiger partial charge in [0.05, 0.1) is 17.7 Å². The molecule has 7 heteroatoms. The zero-order chi connectivity index (χ0) is 26.6. The highest BCUT2D eigenvalue weighted by Gasteiger charge is 2.41. The van der Waals surface area contributed by atoms with E-state index in [1.165, 1.54) is 18.4 Å². The molecule has 1 saturated heterocycles. The lowest BCUT2D eigenvalue weighted by molar-refractivity contribution is -0.136. The van der Waals surface area contributed by atoms with Crippen LogP contribution in [-0.2, 0) is 14.3 Å². The number of esters is 1. The number of hydrogen-bond acceptors (Lipinski definition) is 5. The standard InChI is InChI=1S/C29H42N2O4S/c1-19(2)30-17-9-8-10-23(27(30)33)31(26(32)21-13-11-20(3)12-14-21)24-18-22(15-16-29(4,5)6)36-25(24)28(34)35-7/h18-21,23H,8-14,17H2,1-7H3/t20-,21-,23?. The minimum atomic E-state index is -0.636. The van der Waals surface area contributed by atoms with Gasteiger partial charge in [-0.3, -0.25) is 14.5 Å². The predicted molar refractivity (Wildman–Crippen MR) is 145 cm³/mol. The molecule has 1 aromatic rings. The quantitative estimate of drug-likeness (QED) is 0.363. The normalized spacial score (nSPS) is 23.1. The lowest BCUT2D eigenvalue weighted by Gasteiger charge is -2.37. The third-order valence-corrected chi connectivity index (χ3v) is 8.16. The summed E-state index contributed by atoms with van der Waals surface area (Å²) in [6.45, 7) is 13.0. The second-order valence-corrected chi connectivity index (χ2v) is 12.7. The van der Waals surface area contributed by atoms with Crippen LogP contribution >= 0.6 is 11.3 Å². The highest BCUT2D eigenvalue weighted by Crippen LogP contribution is 2.38. The van der Waals surface area contributed by atoms with Crippen molar-refractivity contribution in [1.29, 1.82) is 0 Å². The Kier molecular flexibility index (Phi) is 9.27. The number of rotatable bonds is 5. The minimum absolute atomic E-state index is 0.0376. The first-order chi connectivity index (χ1) is 16.9. The van der Waals surface area contributed by atoms with Crippen LogP contribution in [0.1, 0.15) is 101 Å². The Labute approximate surface area is 220 Å². The van der Waals surface area contributed by atoms with Gasteiger partial charge in [0, 0.05) is 23.9 Å². The Hall–Kier alpha value is -2.33. The molecule has 1 unspecified atom stereocenters. The molecule has 0 aromatic carbocycles. The van der Waals surface area contributed by atoms with E-state index in [4.69, 9.17) is 4.74 Å². The molecule has 2 aliphatic rings. The molecule has 0 radical (unpaired) electrons. The summed E-state index contributed by atoms with van der Waals surface area (Å²) in [7, 11) is 1.35. The average Bonchev–Trinajstić information content (AvgIpc) is 3.14. The summed E-state index contributed by atoms with van der Waals surface area (Å²) >= 11 is 1.24. The highest BCUT2D eigenvalue weighted by atomic mass is 32.1. The summed E-state index contributed by atoms with van der Waals surface area (Å²) in [6.07, 6.45) is 5.93. The number of methoxy groups -OCH3 is 1. The number of ether oxygens (including phenoxy) is 1. The van der Waals surface area contributed by atoms with Gasteiger partial charge in [0.15, 0.2) is 0 Å². The summed E-state index contributed by atoms with van der Waals surface area (Å²) in [5.74, 6) is 6.26. The van der Waals surface area contributed by atoms with Crippen molar-refractivity contribution in [2.45, 2.75) is 98.6 Å². The molecule has 0 bridgehead atoms. The zero-order valence-corrected chi connectivity index (χ0v) is 23.8. The van der Waals surface area contributed by atoms with E-state index >= 15 is 0 Å². The molecular weight excluding hydrogens is 472 g/mol. The number of carbonyl (C=O) groups excluding carboxylic acids is 3. The topological polar surface area (TPSA) is 66.9 Å². The number of likely N-dealkylation sites (tertiary alicyclic amines) is 1. The van der Waals surface area contributed by atoms with Crippen molar-refractivity contribution in [3.05, 3.63) is 15.8 Å². The molecule has 1 aromatic heterocycles. The first kappa shape index (κ1) is 28.2. The Morgan fingerprint density at radius 1 is 1.14 bits per heavy atom. The summed E-state index contributed by atoms with van der Waals surface area (Å²) in [5, 5.41) is 0. The van der Waals surface area contributed by atoms with Gasteiger partial charge < -0.3 is 9.64 Å². The van der Waals surface area contributed by atoms with Gasteiger partial charge >= 0.3 is 5.97 Å². The van der Waals surface area contributed by atoms with Crippen LogP contribution in [0.4, 0.5) is 5.69 Å². The van der Waals surface area contributed by atoms with Crippen LogP contribution < -0.4 is 4.90 Å². The second kappa shape index (κ2) is 11.8.